The maximum atomic E-state index is 5.57. The van der Waals surface area contributed by atoms with E-state index in [1.807, 2.05) is 6.26 Å². The minimum Gasteiger partial charge on any atom is -0.499 e. The molecule has 2 nitrogen and oxygen atoms in total. The third kappa shape index (κ3) is 3.02. The van der Waals surface area contributed by atoms with E-state index in [1.54, 1.807) is 0 Å². The summed E-state index contributed by atoms with van der Waals surface area (Å²) in [5, 5.41) is 0. The molecule has 2 aliphatic rings. The van der Waals surface area contributed by atoms with E-state index in [9.17, 15) is 0 Å². The first-order chi connectivity index (χ1) is 6.95. The molecule has 1 atom stereocenters. The van der Waals surface area contributed by atoms with Crippen molar-refractivity contribution in [3.8, 4) is 0 Å². The first-order valence-electron chi connectivity index (χ1n) is 5.86. The van der Waals surface area contributed by atoms with Crippen LogP contribution in [-0.2, 0) is 9.47 Å². The predicted molar refractivity (Wildman–Crippen MR) is 56.1 cm³/mol. The van der Waals surface area contributed by atoms with E-state index in [-0.39, 0.29) is 0 Å². The van der Waals surface area contributed by atoms with Crippen LogP contribution in [0.3, 0.4) is 0 Å². The maximum Gasteiger partial charge on any atom is 0.113 e. The summed E-state index contributed by atoms with van der Waals surface area (Å²) in [6.45, 7) is 1.67. The van der Waals surface area contributed by atoms with Crippen LogP contribution in [-0.4, -0.2) is 19.3 Å². The Labute approximate surface area is 86.3 Å². The van der Waals surface area contributed by atoms with E-state index >= 15 is 0 Å². The van der Waals surface area contributed by atoms with Crippen LogP contribution in [0.4, 0.5) is 0 Å². The number of allylic oxidation sites excluding steroid dienone is 1. The molecule has 2 rings (SSSR count). The summed E-state index contributed by atoms with van der Waals surface area (Å²) >= 11 is 0. The average molecular weight is 196 g/mol. The molecule has 0 amide bonds. The summed E-state index contributed by atoms with van der Waals surface area (Å²) in [7, 11) is 0. The van der Waals surface area contributed by atoms with Gasteiger partial charge < -0.3 is 9.47 Å². The molecule has 1 aliphatic heterocycles. The zero-order valence-corrected chi connectivity index (χ0v) is 8.84. The fraction of sp³-hybridized carbons (Fsp3) is 0.833. The minimum absolute atomic E-state index is 0.357. The molecule has 1 saturated carbocycles. The van der Waals surface area contributed by atoms with Crippen molar-refractivity contribution in [2.24, 2.45) is 0 Å². The summed E-state index contributed by atoms with van der Waals surface area (Å²) in [6.07, 6.45) is 11.3. The molecule has 14 heavy (non-hydrogen) atoms. The fourth-order valence-corrected chi connectivity index (χ4v) is 2.17. The normalized spacial score (nSPS) is 27.7. The fourth-order valence-electron chi connectivity index (χ4n) is 2.17. The maximum absolute atomic E-state index is 5.57. The van der Waals surface area contributed by atoms with E-state index in [1.165, 1.54) is 50.5 Å². The molecular formula is C12H20O2. The van der Waals surface area contributed by atoms with Crippen LogP contribution in [0.2, 0.25) is 0 Å². The molecule has 1 aliphatic carbocycles. The van der Waals surface area contributed by atoms with Gasteiger partial charge in [0.2, 0.25) is 0 Å². The van der Waals surface area contributed by atoms with Crippen molar-refractivity contribution >= 4 is 0 Å². The second kappa shape index (κ2) is 5.40. The van der Waals surface area contributed by atoms with E-state index in [2.05, 4.69) is 0 Å². The molecule has 2 fully saturated rings. The molecular weight excluding hydrogens is 176 g/mol. The highest BCUT2D eigenvalue weighted by molar-refractivity contribution is 5.00. The summed E-state index contributed by atoms with van der Waals surface area (Å²) in [4.78, 5) is 0. The van der Waals surface area contributed by atoms with Gasteiger partial charge in [-0.05, 0) is 44.1 Å². The molecule has 1 heterocycles. The zero-order chi connectivity index (χ0) is 9.64. The highest BCUT2D eigenvalue weighted by Crippen LogP contribution is 2.22. The topological polar surface area (TPSA) is 18.5 Å². The highest BCUT2D eigenvalue weighted by atomic mass is 16.5. The molecule has 1 saturated heterocycles. The van der Waals surface area contributed by atoms with Gasteiger partial charge in [-0.25, -0.2) is 0 Å². The summed E-state index contributed by atoms with van der Waals surface area (Å²) in [6, 6.07) is 0. The smallest absolute Gasteiger partial charge is 0.113 e. The average Bonchev–Trinajstić information content (AvgIpc) is 2.72. The molecule has 2 heteroatoms. The minimum atomic E-state index is 0.357. The van der Waals surface area contributed by atoms with Crippen LogP contribution in [0.25, 0.3) is 0 Å². The molecule has 0 bridgehead atoms. The van der Waals surface area contributed by atoms with Gasteiger partial charge in [0.15, 0.2) is 0 Å². The van der Waals surface area contributed by atoms with Crippen LogP contribution in [0.1, 0.15) is 44.9 Å². The van der Waals surface area contributed by atoms with Crippen molar-refractivity contribution in [1.29, 1.82) is 0 Å². The summed E-state index contributed by atoms with van der Waals surface area (Å²) in [5.41, 5.74) is 1.49. The summed E-state index contributed by atoms with van der Waals surface area (Å²) < 4.78 is 11.1. The monoisotopic (exact) mass is 196 g/mol. The largest absolute Gasteiger partial charge is 0.499 e. The van der Waals surface area contributed by atoms with Crippen molar-refractivity contribution in [2.45, 2.75) is 51.0 Å². The Hall–Kier alpha value is -0.500. The quantitative estimate of drug-likeness (QED) is 0.646. The molecule has 0 aromatic heterocycles. The summed E-state index contributed by atoms with van der Waals surface area (Å²) in [5.74, 6) is 0. The van der Waals surface area contributed by atoms with Gasteiger partial charge in [0, 0.05) is 6.61 Å². The Kier molecular flexibility index (Phi) is 3.87. The first-order valence-corrected chi connectivity index (χ1v) is 5.86. The highest BCUT2D eigenvalue weighted by Gasteiger charge is 2.15. The van der Waals surface area contributed by atoms with E-state index in [0.717, 1.165) is 13.2 Å². The Morgan fingerprint density at radius 2 is 2.07 bits per heavy atom. The van der Waals surface area contributed by atoms with Crippen LogP contribution < -0.4 is 0 Å². The van der Waals surface area contributed by atoms with Gasteiger partial charge >= 0.3 is 0 Å². The van der Waals surface area contributed by atoms with Gasteiger partial charge in [-0.2, -0.15) is 0 Å². The van der Waals surface area contributed by atoms with Gasteiger partial charge in [-0.15, -0.1) is 0 Å². The Bertz CT molecular complexity index is 184. The van der Waals surface area contributed by atoms with Crippen molar-refractivity contribution in [1.82, 2.24) is 0 Å². The molecule has 0 aromatic rings. The predicted octanol–water partition coefficient (Wildman–Crippen LogP) is 3.03. The molecule has 0 aromatic carbocycles. The van der Waals surface area contributed by atoms with Gasteiger partial charge in [-0.1, -0.05) is 6.42 Å². The molecule has 80 valence electrons. The lowest BCUT2D eigenvalue weighted by atomic mass is 9.96. The third-order valence-electron chi connectivity index (χ3n) is 3.05. The third-order valence-corrected chi connectivity index (χ3v) is 3.05. The Balaban J connectivity index is 1.64. The molecule has 0 radical (unpaired) electrons. The van der Waals surface area contributed by atoms with E-state index in [4.69, 9.17) is 9.47 Å². The zero-order valence-electron chi connectivity index (χ0n) is 8.84. The van der Waals surface area contributed by atoms with E-state index < -0.39 is 0 Å². The Morgan fingerprint density at radius 3 is 2.79 bits per heavy atom. The number of hydrogen-bond acceptors (Lipinski definition) is 2. The van der Waals surface area contributed by atoms with Crippen LogP contribution in [0, 0.1) is 0 Å². The lowest BCUT2D eigenvalue weighted by Gasteiger charge is -2.14. The SMILES string of the molecule is C(OCC1CCCO1)=C1CCCCC1. The van der Waals surface area contributed by atoms with Crippen LogP contribution >= 0.6 is 0 Å². The number of ether oxygens (including phenoxy) is 2. The van der Waals surface area contributed by atoms with Gasteiger partial charge in [0.25, 0.3) is 0 Å². The lowest BCUT2D eigenvalue weighted by molar-refractivity contribution is 0.0511. The van der Waals surface area contributed by atoms with Crippen molar-refractivity contribution < 1.29 is 9.47 Å². The Morgan fingerprint density at radius 1 is 1.21 bits per heavy atom. The lowest BCUT2D eigenvalue weighted by Crippen LogP contribution is -2.12. The standard InChI is InChI=1S/C12H20O2/c1-2-5-11(6-3-1)9-13-10-12-7-4-8-14-12/h9,12H,1-8,10H2. The number of hydrogen-bond donors (Lipinski definition) is 0. The van der Waals surface area contributed by atoms with Crippen LogP contribution in [0.5, 0.6) is 0 Å². The second-order valence-electron chi connectivity index (χ2n) is 4.31. The molecule has 0 N–H and O–H groups in total. The number of rotatable bonds is 3. The van der Waals surface area contributed by atoms with Crippen LogP contribution in [0.15, 0.2) is 11.8 Å². The molecule has 1 unspecified atom stereocenters. The van der Waals surface area contributed by atoms with Crippen molar-refractivity contribution in [2.75, 3.05) is 13.2 Å². The first kappa shape index (κ1) is 10.0. The van der Waals surface area contributed by atoms with Gasteiger partial charge in [0.1, 0.15) is 6.61 Å². The second-order valence-corrected chi connectivity index (χ2v) is 4.31. The molecule has 0 spiro atoms. The van der Waals surface area contributed by atoms with Gasteiger partial charge in [0.05, 0.1) is 12.4 Å². The van der Waals surface area contributed by atoms with Crippen molar-refractivity contribution in [3.63, 3.8) is 0 Å². The van der Waals surface area contributed by atoms with E-state index in [0.29, 0.717) is 6.10 Å². The van der Waals surface area contributed by atoms with Crippen molar-refractivity contribution in [3.05, 3.63) is 11.8 Å². The van der Waals surface area contributed by atoms with Gasteiger partial charge in [-0.3, -0.25) is 0 Å².